The summed E-state index contributed by atoms with van der Waals surface area (Å²) < 4.78 is 17.2. The summed E-state index contributed by atoms with van der Waals surface area (Å²) in [6.45, 7) is 4.01. The Morgan fingerprint density at radius 1 is 1.18 bits per heavy atom. The van der Waals surface area contributed by atoms with E-state index in [1.54, 1.807) is 31.4 Å². The van der Waals surface area contributed by atoms with Gasteiger partial charge in [0.15, 0.2) is 5.69 Å². The smallest absolute Gasteiger partial charge is 0.294 e. The van der Waals surface area contributed by atoms with Gasteiger partial charge in [-0.15, -0.1) is 5.10 Å². The fourth-order valence-electron chi connectivity index (χ4n) is 4.31. The molecule has 44 heavy (non-hydrogen) atoms. The number of carbonyl (C=O) groups excluding carboxylic acids is 1. The number of nitrogens with one attached hydrogen (secondary N) is 1. The number of ether oxygens (including phenoxy) is 2. The Kier molecular flexibility index (Phi) is 8.48. The number of carbonyl (C=O) groups is 1. The van der Waals surface area contributed by atoms with E-state index < -0.39 is 10.8 Å². The summed E-state index contributed by atoms with van der Waals surface area (Å²) in [5.41, 5.74) is 11.3. The Morgan fingerprint density at radius 3 is 2.64 bits per heavy atom. The molecule has 0 spiro atoms. The number of nitro benzene ring substituents is 1. The molecule has 0 aliphatic rings. The number of nitro groups is 1. The number of hydrazone groups is 1. The van der Waals surface area contributed by atoms with Crippen molar-refractivity contribution in [3.63, 3.8) is 0 Å². The number of hydrogen-bond donors (Lipinski definition) is 2. The molecule has 0 radical (unpaired) electrons. The number of amides is 1. The quantitative estimate of drug-likeness (QED) is 0.128. The van der Waals surface area contributed by atoms with Gasteiger partial charge in [0.2, 0.25) is 11.6 Å². The maximum atomic E-state index is 13.2. The van der Waals surface area contributed by atoms with Gasteiger partial charge in [-0.05, 0) is 71.2 Å². The van der Waals surface area contributed by atoms with Gasteiger partial charge in [0, 0.05) is 28.3 Å². The summed E-state index contributed by atoms with van der Waals surface area (Å²) in [7, 11) is 1.55. The van der Waals surface area contributed by atoms with Gasteiger partial charge >= 0.3 is 0 Å². The molecule has 2 heterocycles. The van der Waals surface area contributed by atoms with E-state index in [2.05, 4.69) is 35.8 Å². The van der Waals surface area contributed by atoms with Gasteiger partial charge in [-0.2, -0.15) is 9.78 Å². The van der Waals surface area contributed by atoms with Crippen LogP contribution in [0.4, 0.5) is 11.5 Å². The zero-order valence-electron chi connectivity index (χ0n) is 23.5. The highest BCUT2D eigenvalue weighted by Gasteiger charge is 2.26. The van der Waals surface area contributed by atoms with Gasteiger partial charge in [-0.25, -0.2) is 10.1 Å². The van der Waals surface area contributed by atoms with E-state index in [9.17, 15) is 14.9 Å². The van der Waals surface area contributed by atoms with Crippen molar-refractivity contribution in [1.82, 2.24) is 30.7 Å². The van der Waals surface area contributed by atoms with Crippen LogP contribution in [0, 0.1) is 24.0 Å². The second-order valence-electron chi connectivity index (χ2n) is 9.41. The van der Waals surface area contributed by atoms with Gasteiger partial charge in [0.1, 0.15) is 23.8 Å². The van der Waals surface area contributed by atoms with Crippen LogP contribution in [-0.4, -0.2) is 49.5 Å². The number of hydrogen-bond acceptors (Lipinski definition) is 12. The predicted octanol–water partition coefficient (Wildman–Crippen LogP) is 4.43. The zero-order chi connectivity index (χ0) is 31.4. The van der Waals surface area contributed by atoms with Crippen molar-refractivity contribution < 1.29 is 23.8 Å². The fourth-order valence-corrected chi connectivity index (χ4v) is 4.42. The Balaban J connectivity index is 1.38. The fraction of sp³-hybridized carbons (Fsp3) is 0.143. The number of halogens is 1. The number of anilines is 1. The number of nitrogens with two attached hydrogens (primary N) is 1. The molecular formula is C28H24ClN9O6. The Hall–Kier alpha value is -5.83. The SMILES string of the molecule is COc1ccc(/C=N/NC(=O)c2nnn(-c3nonc3N)c2-c2cccc([N+](=O)[O-])c2)cc1COc1cc(C)c(Cl)c(C)c1. The van der Waals surface area contributed by atoms with Gasteiger partial charge < -0.3 is 15.2 Å². The first kappa shape index (κ1) is 29.7. The van der Waals surface area contributed by atoms with Crippen molar-refractivity contribution in [3.8, 4) is 28.6 Å². The minimum Gasteiger partial charge on any atom is -0.496 e. The summed E-state index contributed by atoms with van der Waals surface area (Å²) in [6, 6.07) is 14.6. The van der Waals surface area contributed by atoms with E-state index in [1.165, 1.54) is 24.4 Å². The number of methoxy groups -OCH3 is 1. The van der Waals surface area contributed by atoms with Crippen LogP contribution in [0.1, 0.15) is 32.7 Å². The van der Waals surface area contributed by atoms with Crippen LogP contribution < -0.4 is 20.6 Å². The van der Waals surface area contributed by atoms with Crippen LogP contribution in [0.25, 0.3) is 17.1 Å². The van der Waals surface area contributed by atoms with Gasteiger partial charge in [-0.3, -0.25) is 14.9 Å². The van der Waals surface area contributed by atoms with E-state index >= 15 is 0 Å². The molecule has 0 saturated heterocycles. The Bertz CT molecular complexity index is 1880. The lowest BCUT2D eigenvalue weighted by molar-refractivity contribution is -0.384. The Morgan fingerprint density at radius 2 is 1.95 bits per heavy atom. The third kappa shape index (κ3) is 6.17. The van der Waals surface area contributed by atoms with E-state index in [4.69, 9.17) is 26.8 Å². The summed E-state index contributed by atoms with van der Waals surface area (Å²) in [5, 5.41) is 31.3. The number of benzene rings is 3. The number of aryl methyl sites for hydroxylation is 2. The predicted molar refractivity (Wildman–Crippen MR) is 159 cm³/mol. The molecule has 0 aliphatic heterocycles. The molecule has 1 amide bonds. The summed E-state index contributed by atoms with van der Waals surface area (Å²) in [4.78, 5) is 24.0. The van der Waals surface area contributed by atoms with Crippen LogP contribution >= 0.6 is 11.6 Å². The third-order valence-corrected chi connectivity index (χ3v) is 7.00. The number of aromatic nitrogens is 5. The second-order valence-corrected chi connectivity index (χ2v) is 9.79. The first-order valence-corrected chi connectivity index (χ1v) is 13.2. The van der Waals surface area contributed by atoms with Gasteiger partial charge in [0.25, 0.3) is 11.6 Å². The van der Waals surface area contributed by atoms with Crippen molar-refractivity contribution in [2.75, 3.05) is 12.8 Å². The van der Waals surface area contributed by atoms with Gasteiger partial charge in [-0.1, -0.05) is 28.9 Å². The maximum absolute atomic E-state index is 13.2. The lowest BCUT2D eigenvalue weighted by Crippen LogP contribution is -2.19. The highest BCUT2D eigenvalue weighted by Crippen LogP contribution is 2.30. The average Bonchev–Trinajstić information content (AvgIpc) is 3.64. The number of nitrogens with zero attached hydrogens (tertiary/aromatic N) is 7. The largest absolute Gasteiger partial charge is 0.496 e. The zero-order valence-corrected chi connectivity index (χ0v) is 24.3. The lowest BCUT2D eigenvalue weighted by Gasteiger charge is -2.13. The van der Waals surface area contributed by atoms with Crippen LogP contribution in [0.3, 0.4) is 0 Å². The molecule has 0 aliphatic carbocycles. The van der Waals surface area contributed by atoms with E-state index in [0.717, 1.165) is 21.4 Å². The van der Waals surface area contributed by atoms with Crippen molar-refractivity contribution in [2.45, 2.75) is 20.5 Å². The molecule has 15 nitrogen and oxygen atoms in total. The van der Waals surface area contributed by atoms with Crippen LogP contribution in [0.5, 0.6) is 11.5 Å². The summed E-state index contributed by atoms with van der Waals surface area (Å²) >= 11 is 6.27. The molecule has 3 N–H and O–H groups in total. The number of non-ortho nitro benzene ring substituents is 1. The minimum atomic E-state index is -0.755. The molecule has 3 aromatic carbocycles. The highest BCUT2D eigenvalue weighted by molar-refractivity contribution is 6.32. The summed E-state index contributed by atoms with van der Waals surface area (Å²) in [5.74, 6) is 0.321. The third-order valence-electron chi connectivity index (χ3n) is 6.40. The maximum Gasteiger partial charge on any atom is 0.294 e. The molecule has 0 fully saturated rings. The monoisotopic (exact) mass is 617 g/mol. The number of rotatable bonds is 10. The molecule has 0 saturated carbocycles. The van der Waals surface area contributed by atoms with Crippen LogP contribution in [0.15, 0.2) is 64.3 Å². The molecule has 2 aromatic heterocycles. The van der Waals surface area contributed by atoms with Crippen LogP contribution in [-0.2, 0) is 6.61 Å². The first-order valence-electron chi connectivity index (χ1n) is 12.8. The van der Waals surface area contributed by atoms with Crippen LogP contribution in [0.2, 0.25) is 5.02 Å². The van der Waals surface area contributed by atoms with Crippen molar-refractivity contribution >= 4 is 35.2 Å². The normalized spacial score (nSPS) is 11.1. The molecule has 5 rings (SSSR count). The average molecular weight is 618 g/mol. The topological polar surface area (TPSA) is 199 Å². The van der Waals surface area contributed by atoms with Crippen molar-refractivity contribution in [3.05, 3.63) is 97.7 Å². The van der Waals surface area contributed by atoms with E-state index in [0.29, 0.717) is 22.1 Å². The summed E-state index contributed by atoms with van der Waals surface area (Å²) in [6.07, 6.45) is 1.43. The molecule has 0 atom stereocenters. The molecule has 0 bridgehead atoms. The second kappa shape index (κ2) is 12.6. The van der Waals surface area contributed by atoms with Crippen molar-refractivity contribution in [2.24, 2.45) is 5.10 Å². The standard InChI is InChI=1S/C28H24ClN9O6/c1-15-9-21(10-16(2)23(15)29)43-14-19-11-17(7-8-22(19)42-3)13-31-33-28(39)24-25(18-5-4-6-20(12-18)38(40)41)37(36-32-24)27-26(30)34-44-35-27/h4-13H,14H2,1-3H3,(H2,30,34)(H,33,39)/b31-13+. The van der Waals surface area contributed by atoms with E-state index in [-0.39, 0.29) is 40.9 Å². The van der Waals surface area contributed by atoms with E-state index in [1.807, 2.05) is 26.0 Å². The van der Waals surface area contributed by atoms with Crippen molar-refractivity contribution in [1.29, 1.82) is 0 Å². The molecule has 16 heteroatoms. The Labute approximate surface area is 254 Å². The lowest BCUT2D eigenvalue weighted by atomic mass is 10.1. The number of nitrogen functional groups attached to an aromatic ring is 1. The minimum absolute atomic E-state index is 0.0559. The van der Waals surface area contributed by atoms with Gasteiger partial charge in [0.05, 0.1) is 18.2 Å². The molecule has 0 unspecified atom stereocenters. The first-order chi connectivity index (χ1) is 21.2. The molecule has 224 valence electrons. The molecule has 5 aromatic rings. The molecular weight excluding hydrogens is 594 g/mol. The highest BCUT2D eigenvalue weighted by atomic mass is 35.5.